The predicted molar refractivity (Wildman–Crippen MR) is 121 cm³/mol. The van der Waals surface area contributed by atoms with E-state index in [1.165, 1.54) is 0 Å². The largest absolute Gasteiger partial charge is 0.351 e. The van der Waals surface area contributed by atoms with Crippen LogP contribution in [-0.4, -0.2) is 11.0 Å². The minimum Gasteiger partial charge on any atom is -0.351 e. The maximum atomic E-state index is 13.4. The van der Waals surface area contributed by atoms with Crippen molar-refractivity contribution in [2.24, 2.45) is 0 Å². The summed E-state index contributed by atoms with van der Waals surface area (Å²) in [5, 5.41) is 10.5. The summed E-state index contributed by atoms with van der Waals surface area (Å²) < 4.78 is 0. The molecule has 1 aliphatic rings. The van der Waals surface area contributed by atoms with Crippen molar-refractivity contribution in [3.8, 4) is 0 Å². The highest BCUT2D eigenvalue weighted by Crippen LogP contribution is 2.32. The Hall–Kier alpha value is -3.15. The molecule has 29 heavy (non-hydrogen) atoms. The lowest BCUT2D eigenvalue weighted by Gasteiger charge is -2.31. The van der Waals surface area contributed by atoms with E-state index in [-0.39, 0.29) is 5.91 Å². The first-order valence-electron chi connectivity index (χ1n) is 9.11. The molecule has 3 N–H and O–H groups in total. The van der Waals surface area contributed by atoms with E-state index in [9.17, 15) is 4.79 Å². The molecule has 0 saturated carbocycles. The first kappa shape index (κ1) is 19.2. The fourth-order valence-electron chi connectivity index (χ4n) is 3.27. The number of hydrogen-bond acceptors (Lipinski definition) is 2. The molecule has 0 radical (unpaired) electrons. The van der Waals surface area contributed by atoms with E-state index in [4.69, 9.17) is 23.8 Å². The van der Waals surface area contributed by atoms with E-state index < -0.39 is 6.04 Å². The van der Waals surface area contributed by atoms with Crippen molar-refractivity contribution in [3.05, 3.63) is 107 Å². The molecule has 3 aromatic rings. The molecule has 1 amide bonds. The summed E-state index contributed by atoms with van der Waals surface area (Å²) in [4.78, 5) is 13.4. The van der Waals surface area contributed by atoms with Crippen LogP contribution in [0, 0.1) is 0 Å². The molecule has 3 aromatic carbocycles. The predicted octanol–water partition coefficient (Wildman–Crippen LogP) is 4.91. The molecule has 0 aliphatic carbocycles. The SMILES string of the molecule is O=C(Nc1ccccc1)C1=C(c2ccccc2)NC(=S)NC1c1ccc(Cl)cc1. The highest BCUT2D eigenvalue weighted by atomic mass is 35.5. The van der Waals surface area contributed by atoms with Crippen LogP contribution in [0.2, 0.25) is 5.02 Å². The molecule has 1 atom stereocenters. The molecule has 0 fully saturated rings. The summed E-state index contributed by atoms with van der Waals surface area (Å²) in [5.74, 6) is -0.211. The van der Waals surface area contributed by atoms with Crippen LogP contribution in [0.3, 0.4) is 0 Å². The second-order valence-electron chi connectivity index (χ2n) is 6.56. The van der Waals surface area contributed by atoms with Crippen molar-refractivity contribution >= 4 is 46.2 Å². The van der Waals surface area contributed by atoms with Crippen molar-refractivity contribution in [2.45, 2.75) is 6.04 Å². The maximum Gasteiger partial charge on any atom is 0.256 e. The van der Waals surface area contributed by atoms with Crippen molar-refractivity contribution in [1.29, 1.82) is 0 Å². The Morgan fingerprint density at radius 1 is 0.897 bits per heavy atom. The molecule has 4 rings (SSSR count). The summed E-state index contributed by atoms with van der Waals surface area (Å²) in [5.41, 5.74) is 3.73. The quantitative estimate of drug-likeness (QED) is 0.526. The molecule has 0 saturated heterocycles. The number of hydrogen-bond donors (Lipinski definition) is 3. The number of rotatable bonds is 4. The number of halogens is 1. The van der Waals surface area contributed by atoms with Gasteiger partial charge in [-0.05, 0) is 47.6 Å². The van der Waals surface area contributed by atoms with E-state index in [0.29, 0.717) is 21.4 Å². The standard InChI is InChI=1S/C23H18ClN3OS/c24-17-13-11-16(12-14-17)21-19(22(28)25-18-9-5-2-6-10-18)20(26-23(29)27-21)15-7-3-1-4-8-15/h1-14,21H,(H,25,28)(H2,26,27,29). The molecule has 0 aromatic heterocycles. The molecule has 1 unspecified atom stereocenters. The van der Waals surface area contributed by atoms with Crippen LogP contribution < -0.4 is 16.0 Å². The van der Waals surface area contributed by atoms with Crippen LogP contribution >= 0.6 is 23.8 Å². The van der Waals surface area contributed by atoms with Crippen molar-refractivity contribution in [1.82, 2.24) is 10.6 Å². The zero-order chi connectivity index (χ0) is 20.2. The molecule has 0 bridgehead atoms. The first-order valence-corrected chi connectivity index (χ1v) is 9.89. The van der Waals surface area contributed by atoms with Gasteiger partial charge in [-0.2, -0.15) is 0 Å². The number of benzene rings is 3. The molecule has 1 heterocycles. The third kappa shape index (κ3) is 4.31. The Morgan fingerprint density at radius 2 is 1.52 bits per heavy atom. The maximum absolute atomic E-state index is 13.4. The fourth-order valence-corrected chi connectivity index (χ4v) is 3.61. The topological polar surface area (TPSA) is 53.2 Å². The summed E-state index contributed by atoms with van der Waals surface area (Å²) in [6, 6.07) is 26.0. The Bertz CT molecular complexity index is 1070. The second kappa shape index (κ2) is 8.47. The average molecular weight is 420 g/mol. The molecule has 144 valence electrons. The van der Waals surface area contributed by atoms with Gasteiger partial charge < -0.3 is 16.0 Å². The summed E-state index contributed by atoms with van der Waals surface area (Å²) >= 11 is 11.5. The third-order valence-corrected chi connectivity index (χ3v) is 5.09. The van der Waals surface area contributed by atoms with Gasteiger partial charge in [0.1, 0.15) is 0 Å². The van der Waals surface area contributed by atoms with Crippen LogP contribution in [-0.2, 0) is 4.79 Å². The Balaban J connectivity index is 1.83. The second-order valence-corrected chi connectivity index (χ2v) is 7.40. The van der Waals surface area contributed by atoms with Crippen molar-refractivity contribution in [2.75, 3.05) is 5.32 Å². The van der Waals surface area contributed by atoms with E-state index in [2.05, 4.69) is 16.0 Å². The van der Waals surface area contributed by atoms with Gasteiger partial charge in [0.15, 0.2) is 5.11 Å². The minimum atomic E-state index is -0.417. The Labute approximate surface area is 179 Å². The van der Waals surface area contributed by atoms with E-state index in [0.717, 1.165) is 16.8 Å². The van der Waals surface area contributed by atoms with Gasteiger partial charge >= 0.3 is 0 Å². The minimum absolute atomic E-state index is 0.211. The zero-order valence-electron chi connectivity index (χ0n) is 15.4. The summed E-state index contributed by atoms with van der Waals surface area (Å²) in [6.45, 7) is 0. The number of thiocarbonyl (C=S) groups is 1. The van der Waals surface area contributed by atoms with Crippen LogP contribution in [0.25, 0.3) is 5.70 Å². The smallest absolute Gasteiger partial charge is 0.256 e. The number of carbonyl (C=O) groups is 1. The van der Waals surface area contributed by atoms with Crippen LogP contribution in [0.4, 0.5) is 5.69 Å². The van der Waals surface area contributed by atoms with Crippen LogP contribution in [0.1, 0.15) is 17.2 Å². The van der Waals surface area contributed by atoms with Gasteiger partial charge in [0.2, 0.25) is 0 Å². The number of para-hydroxylation sites is 1. The summed E-state index contributed by atoms with van der Waals surface area (Å²) in [6.07, 6.45) is 0. The van der Waals surface area contributed by atoms with Gasteiger partial charge in [-0.3, -0.25) is 4.79 Å². The van der Waals surface area contributed by atoms with E-state index in [1.54, 1.807) is 12.1 Å². The molecule has 1 aliphatic heterocycles. The highest BCUT2D eigenvalue weighted by molar-refractivity contribution is 7.80. The van der Waals surface area contributed by atoms with Gasteiger partial charge in [-0.1, -0.05) is 72.3 Å². The normalized spacial score (nSPS) is 16.0. The summed E-state index contributed by atoms with van der Waals surface area (Å²) in [7, 11) is 0. The van der Waals surface area contributed by atoms with Crippen LogP contribution in [0.5, 0.6) is 0 Å². The number of anilines is 1. The lowest BCUT2D eigenvalue weighted by atomic mass is 9.92. The molecule has 0 spiro atoms. The number of nitrogens with one attached hydrogen (secondary N) is 3. The highest BCUT2D eigenvalue weighted by Gasteiger charge is 2.32. The van der Waals surface area contributed by atoms with E-state index >= 15 is 0 Å². The van der Waals surface area contributed by atoms with Crippen molar-refractivity contribution < 1.29 is 4.79 Å². The van der Waals surface area contributed by atoms with Gasteiger partial charge in [0.05, 0.1) is 17.3 Å². The fraction of sp³-hybridized carbons (Fsp3) is 0.0435. The molecule has 4 nitrogen and oxygen atoms in total. The average Bonchev–Trinajstić information content (AvgIpc) is 2.75. The van der Waals surface area contributed by atoms with E-state index in [1.807, 2.05) is 72.8 Å². The van der Waals surface area contributed by atoms with Gasteiger partial charge in [-0.15, -0.1) is 0 Å². The van der Waals surface area contributed by atoms with Crippen LogP contribution in [0.15, 0.2) is 90.5 Å². The zero-order valence-corrected chi connectivity index (χ0v) is 16.9. The molecular formula is C23H18ClN3OS. The van der Waals surface area contributed by atoms with Gasteiger partial charge in [0.25, 0.3) is 5.91 Å². The Morgan fingerprint density at radius 3 is 2.17 bits per heavy atom. The number of carbonyl (C=O) groups excluding carboxylic acids is 1. The lowest BCUT2D eigenvalue weighted by molar-refractivity contribution is -0.113. The molecule has 6 heteroatoms. The third-order valence-electron chi connectivity index (χ3n) is 4.61. The molecular weight excluding hydrogens is 402 g/mol. The van der Waals surface area contributed by atoms with Gasteiger partial charge in [-0.25, -0.2) is 0 Å². The monoisotopic (exact) mass is 419 g/mol. The Kier molecular flexibility index (Phi) is 5.60. The number of amides is 1. The van der Waals surface area contributed by atoms with Gasteiger partial charge in [0, 0.05) is 10.7 Å². The van der Waals surface area contributed by atoms with Crippen molar-refractivity contribution in [3.63, 3.8) is 0 Å². The first-order chi connectivity index (χ1) is 14.1. The lowest BCUT2D eigenvalue weighted by Crippen LogP contribution is -2.45.